The fourth-order valence-corrected chi connectivity index (χ4v) is 4.75. The molecule has 0 unspecified atom stereocenters. The number of rotatable bonds is 6. The van der Waals surface area contributed by atoms with Gasteiger partial charge in [0.05, 0.1) is 20.4 Å². The van der Waals surface area contributed by atoms with Crippen molar-refractivity contribution in [3.8, 4) is 0 Å². The maximum Gasteiger partial charge on any atom is 0.340 e. The van der Waals surface area contributed by atoms with Crippen LogP contribution in [0.3, 0.4) is 0 Å². The van der Waals surface area contributed by atoms with Crippen LogP contribution in [0.1, 0.15) is 35.2 Å². The number of sulfonamides is 1. The second-order valence-corrected chi connectivity index (χ2v) is 8.95. The third kappa shape index (κ3) is 4.92. The average molecular weight is 439 g/mol. The lowest BCUT2D eigenvalue weighted by Crippen LogP contribution is -2.35. The molecule has 29 heavy (non-hydrogen) atoms. The van der Waals surface area contributed by atoms with Gasteiger partial charge in [0.1, 0.15) is 6.61 Å². The highest BCUT2D eigenvalue weighted by Crippen LogP contribution is 2.26. The van der Waals surface area contributed by atoms with Crippen molar-refractivity contribution >= 4 is 33.3 Å². The van der Waals surface area contributed by atoms with Crippen molar-refractivity contribution in [2.75, 3.05) is 13.1 Å². The van der Waals surface area contributed by atoms with E-state index in [9.17, 15) is 23.3 Å². The molecule has 0 aliphatic carbocycles. The number of halogens is 1. The Morgan fingerprint density at radius 3 is 2.38 bits per heavy atom. The first-order chi connectivity index (χ1) is 13.8. The highest BCUT2D eigenvalue weighted by molar-refractivity contribution is 7.89. The molecule has 10 heteroatoms. The molecular weight excluding hydrogens is 420 g/mol. The van der Waals surface area contributed by atoms with Crippen molar-refractivity contribution in [2.24, 2.45) is 0 Å². The zero-order valence-electron chi connectivity index (χ0n) is 15.4. The lowest BCUT2D eigenvalue weighted by atomic mass is 10.2. The van der Waals surface area contributed by atoms with Gasteiger partial charge in [-0.15, -0.1) is 0 Å². The first kappa shape index (κ1) is 21.2. The Labute approximate surface area is 173 Å². The summed E-state index contributed by atoms with van der Waals surface area (Å²) in [4.78, 5) is 22.6. The molecule has 1 fully saturated rings. The average Bonchev–Trinajstić information content (AvgIpc) is 2.73. The van der Waals surface area contributed by atoms with Crippen LogP contribution in [0.15, 0.2) is 47.4 Å². The van der Waals surface area contributed by atoms with E-state index in [1.807, 2.05) is 0 Å². The maximum atomic E-state index is 12.8. The van der Waals surface area contributed by atoms with Gasteiger partial charge in [-0.2, -0.15) is 4.31 Å². The first-order valence-corrected chi connectivity index (χ1v) is 10.8. The van der Waals surface area contributed by atoms with Crippen LogP contribution in [0, 0.1) is 10.1 Å². The minimum absolute atomic E-state index is 0.00825. The molecule has 1 saturated heterocycles. The number of hydrogen-bond donors (Lipinski definition) is 0. The van der Waals surface area contributed by atoms with E-state index in [0.717, 1.165) is 19.3 Å². The molecule has 1 aliphatic rings. The van der Waals surface area contributed by atoms with Crippen LogP contribution in [0.2, 0.25) is 5.02 Å². The molecule has 1 heterocycles. The number of esters is 1. The summed E-state index contributed by atoms with van der Waals surface area (Å²) in [5.41, 5.74) is 0.433. The molecule has 8 nitrogen and oxygen atoms in total. The summed E-state index contributed by atoms with van der Waals surface area (Å²) in [7, 11) is -3.71. The number of carbonyl (C=O) groups excluding carboxylic acids is 1. The Morgan fingerprint density at radius 1 is 1.10 bits per heavy atom. The van der Waals surface area contributed by atoms with Crippen LogP contribution >= 0.6 is 11.6 Å². The summed E-state index contributed by atoms with van der Waals surface area (Å²) in [6.07, 6.45) is 2.60. The fourth-order valence-electron chi connectivity index (χ4n) is 3.02. The second kappa shape index (κ2) is 8.89. The molecule has 3 rings (SSSR count). The number of ether oxygens (including phenoxy) is 1. The Morgan fingerprint density at radius 2 is 1.76 bits per heavy atom. The van der Waals surface area contributed by atoms with Crippen molar-refractivity contribution in [1.82, 2.24) is 4.31 Å². The SMILES string of the molecule is O=C(OCc1ccc([N+](=O)[O-])cc1)c1cc(S(=O)(=O)N2CCCCC2)ccc1Cl. The van der Waals surface area contributed by atoms with Gasteiger partial charge in [-0.3, -0.25) is 10.1 Å². The molecule has 2 aromatic rings. The number of nitrogens with zero attached hydrogens (tertiary/aromatic N) is 2. The quantitative estimate of drug-likeness (QED) is 0.386. The smallest absolute Gasteiger partial charge is 0.340 e. The number of hydrogen-bond acceptors (Lipinski definition) is 6. The summed E-state index contributed by atoms with van der Waals surface area (Å²) in [5, 5.41) is 10.8. The van der Waals surface area contributed by atoms with Crippen LogP contribution in [0.4, 0.5) is 5.69 Å². The van der Waals surface area contributed by atoms with E-state index in [1.54, 1.807) is 0 Å². The summed E-state index contributed by atoms with van der Waals surface area (Å²) < 4.78 is 32.2. The zero-order valence-corrected chi connectivity index (χ0v) is 17.0. The summed E-state index contributed by atoms with van der Waals surface area (Å²) >= 11 is 6.08. The third-order valence-electron chi connectivity index (χ3n) is 4.63. The first-order valence-electron chi connectivity index (χ1n) is 8.99. The van der Waals surface area contributed by atoms with Gasteiger partial charge in [-0.05, 0) is 48.7 Å². The van der Waals surface area contributed by atoms with Gasteiger partial charge in [-0.1, -0.05) is 18.0 Å². The van der Waals surface area contributed by atoms with Gasteiger partial charge in [0.25, 0.3) is 5.69 Å². The minimum atomic E-state index is -3.71. The monoisotopic (exact) mass is 438 g/mol. The van der Waals surface area contributed by atoms with E-state index < -0.39 is 20.9 Å². The standard InChI is InChI=1S/C19H19ClN2O6S/c20-18-9-8-16(29(26,27)21-10-2-1-3-11-21)12-17(18)19(23)28-13-14-4-6-15(7-5-14)22(24)25/h4-9,12H,1-3,10-11,13H2. The number of benzene rings is 2. The predicted molar refractivity (Wildman–Crippen MR) is 106 cm³/mol. The lowest BCUT2D eigenvalue weighted by molar-refractivity contribution is -0.384. The lowest BCUT2D eigenvalue weighted by Gasteiger charge is -2.26. The Kier molecular flexibility index (Phi) is 6.51. The normalized spacial score (nSPS) is 15.1. The van der Waals surface area contributed by atoms with Gasteiger partial charge in [0, 0.05) is 25.2 Å². The van der Waals surface area contributed by atoms with E-state index in [4.69, 9.17) is 16.3 Å². The Balaban J connectivity index is 1.75. The molecule has 0 radical (unpaired) electrons. The molecule has 0 spiro atoms. The van der Waals surface area contributed by atoms with E-state index in [2.05, 4.69) is 0 Å². The summed E-state index contributed by atoms with van der Waals surface area (Å²) in [6, 6.07) is 9.53. The highest BCUT2D eigenvalue weighted by Gasteiger charge is 2.27. The molecule has 0 saturated carbocycles. The van der Waals surface area contributed by atoms with Crippen molar-refractivity contribution in [1.29, 1.82) is 0 Å². The van der Waals surface area contributed by atoms with E-state index in [0.29, 0.717) is 18.7 Å². The maximum absolute atomic E-state index is 12.8. The van der Waals surface area contributed by atoms with Crippen LogP contribution < -0.4 is 0 Å². The number of non-ortho nitro benzene ring substituents is 1. The number of carbonyl (C=O) groups is 1. The van der Waals surface area contributed by atoms with Crippen molar-refractivity contribution in [3.05, 3.63) is 68.7 Å². The number of nitro groups is 1. The van der Waals surface area contributed by atoms with Gasteiger partial charge in [0.2, 0.25) is 10.0 Å². The van der Waals surface area contributed by atoms with Crippen molar-refractivity contribution in [2.45, 2.75) is 30.8 Å². The summed E-state index contributed by atoms with van der Waals surface area (Å²) in [6.45, 7) is 0.770. The minimum Gasteiger partial charge on any atom is -0.457 e. The molecule has 2 aromatic carbocycles. The summed E-state index contributed by atoms with van der Waals surface area (Å²) in [5.74, 6) is -0.774. The highest BCUT2D eigenvalue weighted by atomic mass is 35.5. The largest absolute Gasteiger partial charge is 0.457 e. The van der Waals surface area contributed by atoms with Crippen LogP contribution in [-0.2, 0) is 21.4 Å². The molecule has 0 amide bonds. The predicted octanol–water partition coefficient (Wildman–Crippen LogP) is 3.78. The topological polar surface area (TPSA) is 107 Å². The Bertz CT molecular complexity index is 1020. The van der Waals surface area contributed by atoms with E-state index in [-0.39, 0.29) is 27.8 Å². The van der Waals surface area contributed by atoms with Crippen molar-refractivity contribution in [3.63, 3.8) is 0 Å². The van der Waals surface area contributed by atoms with E-state index >= 15 is 0 Å². The van der Waals surface area contributed by atoms with Crippen LogP contribution in [0.5, 0.6) is 0 Å². The zero-order chi connectivity index (χ0) is 21.0. The molecular formula is C19H19ClN2O6S. The van der Waals surface area contributed by atoms with Crippen molar-refractivity contribution < 1.29 is 22.9 Å². The number of nitro benzene ring substituents is 1. The molecule has 154 valence electrons. The van der Waals surface area contributed by atoms with Gasteiger partial charge in [0.15, 0.2) is 0 Å². The van der Waals surface area contributed by atoms with Gasteiger partial charge < -0.3 is 4.74 Å². The number of piperidine rings is 1. The molecule has 0 N–H and O–H groups in total. The molecule has 0 atom stereocenters. The van der Waals surface area contributed by atoms with Gasteiger partial charge in [-0.25, -0.2) is 13.2 Å². The fraction of sp³-hybridized carbons (Fsp3) is 0.316. The molecule has 1 aliphatic heterocycles. The Hall–Kier alpha value is -2.49. The molecule has 0 aromatic heterocycles. The van der Waals surface area contributed by atoms with Crippen LogP contribution in [-0.4, -0.2) is 36.7 Å². The third-order valence-corrected chi connectivity index (χ3v) is 6.85. The van der Waals surface area contributed by atoms with Gasteiger partial charge >= 0.3 is 5.97 Å². The van der Waals surface area contributed by atoms with E-state index in [1.165, 1.54) is 46.8 Å². The molecule has 0 bridgehead atoms. The second-order valence-electron chi connectivity index (χ2n) is 6.61. The van der Waals surface area contributed by atoms with Crippen LogP contribution in [0.25, 0.3) is 0 Å².